The number of nitrogens with zero attached hydrogens (tertiary/aromatic N) is 1. The van der Waals surface area contributed by atoms with Crippen molar-refractivity contribution in [2.75, 3.05) is 0 Å². The van der Waals surface area contributed by atoms with Crippen LogP contribution in [0.1, 0.15) is 15.9 Å². The van der Waals surface area contributed by atoms with Crippen LogP contribution in [0.4, 0.5) is 10.1 Å². The van der Waals surface area contributed by atoms with E-state index in [0.29, 0.717) is 5.56 Å². The fraction of sp³-hybridized carbons (Fsp3) is 0.222. The Morgan fingerprint density at radius 3 is 2.86 bits per heavy atom. The molecule has 1 aliphatic rings. The first-order valence-corrected chi connectivity index (χ1v) is 4.05. The highest BCUT2D eigenvalue weighted by molar-refractivity contribution is 6.04. The molecule has 0 saturated carbocycles. The summed E-state index contributed by atoms with van der Waals surface area (Å²) in [5.41, 5.74) is 0.588. The molecule has 4 nitrogen and oxygen atoms in total. The Morgan fingerprint density at radius 2 is 2.21 bits per heavy atom. The average molecular weight is 195 g/mol. The quantitative estimate of drug-likeness (QED) is 0.505. The fourth-order valence-corrected chi connectivity index (χ4v) is 1.56. The number of benzene rings is 1. The Bertz CT molecular complexity index is 430. The van der Waals surface area contributed by atoms with Gasteiger partial charge in [-0.15, -0.1) is 0 Å². The highest BCUT2D eigenvalue weighted by atomic mass is 19.1. The van der Waals surface area contributed by atoms with Crippen molar-refractivity contribution >= 4 is 11.5 Å². The van der Waals surface area contributed by atoms with Crippen LogP contribution < -0.4 is 0 Å². The minimum absolute atomic E-state index is 0.0458. The zero-order valence-corrected chi connectivity index (χ0v) is 7.07. The normalized spacial score (nSPS) is 19.5. The number of halogens is 1. The van der Waals surface area contributed by atoms with Gasteiger partial charge in [0.1, 0.15) is 0 Å². The van der Waals surface area contributed by atoms with Gasteiger partial charge in [-0.05, 0) is 11.6 Å². The molecule has 0 N–H and O–H groups in total. The van der Waals surface area contributed by atoms with Crippen molar-refractivity contribution in [2.24, 2.45) is 0 Å². The molecule has 0 bridgehead atoms. The van der Waals surface area contributed by atoms with E-state index < -0.39 is 16.9 Å². The number of rotatable bonds is 1. The van der Waals surface area contributed by atoms with Gasteiger partial charge < -0.3 is 0 Å². The fourth-order valence-electron chi connectivity index (χ4n) is 1.56. The molecular weight excluding hydrogens is 189 g/mol. The predicted molar refractivity (Wildman–Crippen MR) is 46.0 cm³/mol. The monoisotopic (exact) mass is 195 g/mol. The Kier molecular flexibility index (Phi) is 1.80. The molecule has 1 aromatic carbocycles. The topological polar surface area (TPSA) is 60.2 Å². The van der Waals surface area contributed by atoms with E-state index >= 15 is 0 Å². The van der Waals surface area contributed by atoms with Gasteiger partial charge in [0.05, 0.1) is 4.92 Å². The van der Waals surface area contributed by atoms with Crippen molar-refractivity contribution in [2.45, 2.75) is 12.6 Å². The van der Waals surface area contributed by atoms with E-state index in [2.05, 4.69) is 0 Å². The molecule has 0 aliphatic heterocycles. The summed E-state index contributed by atoms with van der Waals surface area (Å²) in [4.78, 5) is 21.0. The lowest BCUT2D eigenvalue weighted by molar-refractivity contribution is -0.384. The van der Waals surface area contributed by atoms with E-state index in [1.54, 1.807) is 0 Å². The number of hydrogen-bond acceptors (Lipinski definition) is 3. The summed E-state index contributed by atoms with van der Waals surface area (Å²) in [6.07, 6.45) is -1.58. The minimum atomic E-state index is -1.54. The predicted octanol–water partition coefficient (Wildman–Crippen LogP) is 1.67. The van der Waals surface area contributed by atoms with Crippen molar-refractivity contribution in [1.29, 1.82) is 0 Å². The van der Waals surface area contributed by atoms with Gasteiger partial charge >= 0.3 is 0 Å². The SMILES string of the molecule is O=C1c2ccc([N+](=O)[O-])cc2CC1F. The van der Waals surface area contributed by atoms with Crippen LogP contribution in [0.15, 0.2) is 18.2 Å². The highest BCUT2D eigenvalue weighted by Gasteiger charge is 2.31. The molecule has 1 atom stereocenters. The number of hydrogen-bond donors (Lipinski definition) is 0. The summed E-state index contributed by atoms with van der Waals surface area (Å²) in [7, 11) is 0. The van der Waals surface area contributed by atoms with Crippen LogP contribution in [0.25, 0.3) is 0 Å². The molecule has 0 aromatic heterocycles. The van der Waals surface area contributed by atoms with Gasteiger partial charge in [-0.25, -0.2) is 4.39 Å². The number of alkyl halides is 1. The van der Waals surface area contributed by atoms with Gasteiger partial charge in [0.2, 0.25) is 0 Å². The lowest BCUT2D eigenvalue weighted by Crippen LogP contribution is -2.07. The Labute approximate surface area is 78.5 Å². The standard InChI is InChI=1S/C9H6FNO3/c10-8-4-5-3-6(11(13)14)1-2-7(5)9(8)12/h1-3,8H,4H2. The molecule has 0 spiro atoms. The summed E-state index contributed by atoms with van der Waals surface area (Å²) in [5, 5.41) is 10.4. The van der Waals surface area contributed by atoms with E-state index in [4.69, 9.17) is 0 Å². The van der Waals surface area contributed by atoms with Gasteiger partial charge in [-0.1, -0.05) is 0 Å². The maximum atomic E-state index is 12.9. The molecule has 1 unspecified atom stereocenters. The van der Waals surface area contributed by atoms with Crippen LogP contribution in [-0.2, 0) is 6.42 Å². The van der Waals surface area contributed by atoms with Gasteiger partial charge in [-0.3, -0.25) is 14.9 Å². The summed E-state index contributed by atoms with van der Waals surface area (Å²) >= 11 is 0. The molecule has 0 radical (unpaired) electrons. The van der Waals surface area contributed by atoms with Crippen LogP contribution in [0.2, 0.25) is 0 Å². The van der Waals surface area contributed by atoms with Crippen molar-refractivity contribution in [3.8, 4) is 0 Å². The number of fused-ring (bicyclic) bond motifs is 1. The molecule has 0 fully saturated rings. The number of carbonyl (C=O) groups is 1. The van der Waals surface area contributed by atoms with E-state index in [1.807, 2.05) is 0 Å². The Morgan fingerprint density at radius 1 is 1.50 bits per heavy atom. The third-order valence-corrected chi connectivity index (χ3v) is 2.25. The first-order valence-electron chi connectivity index (χ1n) is 4.05. The first kappa shape index (κ1) is 8.80. The first-order chi connectivity index (χ1) is 6.59. The van der Waals surface area contributed by atoms with Crippen LogP contribution in [0, 0.1) is 10.1 Å². The molecule has 14 heavy (non-hydrogen) atoms. The van der Waals surface area contributed by atoms with Crippen LogP contribution in [-0.4, -0.2) is 16.9 Å². The van der Waals surface area contributed by atoms with Crippen molar-refractivity contribution < 1.29 is 14.1 Å². The van der Waals surface area contributed by atoms with Crippen LogP contribution >= 0.6 is 0 Å². The van der Waals surface area contributed by atoms with Crippen molar-refractivity contribution in [3.63, 3.8) is 0 Å². The highest BCUT2D eigenvalue weighted by Crippen LogP contribution is 2.27. The number of Topliss-reactive ketones (excluding diaryl/α,β-unsaturated/α-hetero) is 1. The molecular formula is C9H6FNO3. The average Bonchev–Trinajstić information content (AvgIpc) is 2.42. The van der Waals surface area contributed by atoms with E-state index in [-0.39, 0.29) is 17.7 Å². The minimum Gasteiger partial charge on any atom is -0.291 e. The lowest BCUT2D eigenvalue weighted by atomic mass is 10.1. The van der Waals surface area contributed by atoms with E-state index in [9.17, 15) is 19.3 Å². The summed E-state index contributed by atoms with van der Waals surface area (Å²) in [5.74, 6) is -0.574. The van der Waals surface area contributed by atoms with Crippen LogP contribution in [0.3, 0.4) is 0 Å². The number of nitro groups is 1. The lowest BCUT2D eigenvalue weighted by Gasteiger charge is -1.95. The third kappa shape index (κ3) is 1.17. The second kappa shape index (κ2) is 2.87. The van der Waals surface area contributed by atoms with E-state index in [0.717, 1.165) is 0 Å². The smallest absolute Gasteiger partial charge is 0.269 e. The van der Waals surface area contributed by atoms with E-state index in [1.165, 1.54) is 18.2 Å². The molecule has 2 rings (SSSR count). The zero-order valence-electron chi connectivity index (χ0n) is 7.07. The molecule has 1 aliphatic carbocycles. The Hall–Kier alpha value is -1.78. The second-order valence-corrected chi connectivity index (χ2v) is 3.13. The summed E-state index contributed by atoms with van der Waals surface area (Å²) in [6.45, 7) is 0. The molecule has 0 heterocycles. The third-order valence-electron chi connectivity index (χ3n) is 2.25. The van der Waals surface area contributed by atoms with Gasteiger partial charge in [-0.2, -0.15) is 0 Å². The zero-order chi connectivity index (χ0) is 10.3. The summed E-state index contributed by atoms with van der Waals surface area (Å²) < 4.78 is 12.9. The molecule has 5 heteroatoms. The second-order valence-electron chi connectivity index (χ2n) is 3.13. The molecule has 72 valence electrons. The molecule has 0 saturated heterocycles. The largest absolute Gasteiger partial charge is 0.291 e. The number of non-ortho nitro benzene ring substituents is 1. The van der Waals surface area contributed by atoms with Crippen molar-refractivity contribution in [3.05, 3.63) is 39.4 Å². The summed E-state index contributed by atoms with van der Waals surface area (Å²) in [6, 6.07) is 3.79. The van der Waals surface area contributed by atoms with Crippen LogP contribution in [0.5, 0.6) is 0 Å². The van der Waals surface area contributed by atoms with Gasteiger partial charge in [0.15, 0.2) is 12.0 Å². The maximum absolute atomic E-state index is 12.9. The number of carbonyl (C=O) groups excluding carboxylic acids is 1. The van der Waals surface area contributed by atoms with Crippen molar-refractivity contribution in [1.82, 2.24) is 0 Å². The number of nitro benzene ring substituents is 1. The molecule has 0 amide bonds. The van der Waals surface area contributed by atoms with Gasteiger partial charge in [0, 0.05) is 24.1 Å². The number of ketones is 1. The van der Waals surface area contributed by atoms with Gasteiger partial charge in [0.25, 0.3) is 5.69 Å². The molecule has 1 aromatic rings. The maximum Gasteiger partial charge on any atom is 0.269 e. The Balaban J connectivity index is 2.49.